The van der Waals surface area contributed by atoms with Gasteiger partial charge in [-0.3, -0.25) is 0 Å². The zero-order valence-corrected chi connectivity index (χ0v) is 16.1. The third kappa shape index (κ3) is 4.40. The van der Waals surface area contributed by atoms with Crippen LogP contribution in [-0.2, 0) is 6.42 Å². The molecule has 0 aliphatic carbocycles. The van der Waals surface area contributed by atoms with Gasteiger partial charge in [0.15, 0.2) is 5.82 Å². The maximum Gasteiger partial charge on any atom is 0.165 e. The van der Waals surface area contributed by atoms with Crippen LogP contribution in [0.3, 0.4) is 0 Å². The van der Waals surface area contributed by atoms with Gasteiger partial charge in [-0.15, -0.1) is 0 Å². The monoisotopic (exact) mass is 389 g/mol. The molecule has 1 atom stereocenters. The summed E-state index contributed by atoms with van der Waals surface area (Å²) >= 11 is 0. The van der Waals surface area contributed by atoms with E-state index >= 15 is 0 Å². The number of nitrogens with one attached hydrogen (secondary N) is 1. The molecule has 3 nitrogen and oxygen atoms in total. The number of hydrogen-bond acceptors (Lipinski definition) is 3. The molecule has 0 bridgehead atoms. The summed E-state index contributed by atoms with van der Waals surface area (Å²) in [5.41, 5.74) is 2.17. The maximum atomic E-state index is 14.3. The van der Waals surface area contributed by atoms with Crippen molar-refractivity contribution in [1.29, 1.82) is 0 Å². The number of para-hydroxylation sites is 1. The average Bonchev–Trinajstić information content (AvgIpc) is 2.73. The molecule has 0 radical (unpaired) electrons. The molecule has 1 heterocycles. The van der Waals surface area contributed by atoms with Crippen molar-refractivity contribution >= 4 is 16.7 Å². The van der Waals surface area contributed by atoms with Crippen LogP contribution in [0.5, 0.6) is 0 Å². The molecule has 5 heteroatoms. The Bertz CT molecular complexity index is 1130. The van der Waals surface area contributed by atoms with E-state index in [2.05, 4.69) is 34.3 Å². The zero-order chi connectivity index (χ0) is 20.2. The topological polar surface area (TPSA) is 37.8 Å². The van der Waals surface area contributed by atoms with Crippen molar-refractivity contribution in [1.82, 2.24) is 9.97 Å². The Morgan fingerprint density at radius 1 is 0.897 bits per heavy atom. The van der Waals surface area contributed by atoms with Crippen molar-refractivity contribution in [3.8, 4) is 11.4 Å². The van der Waals surface area contributed by atoms with E-state index in [0.717, 1.165) is 24.3 Å². The minimum atomic E-state index is -0.677. The first-order valence-corrected chi connectivity index (χ1v) is 9.63. The highest BCUT2D eigenvalue weighted by Gasteiger charge is 2.14. The van der Waals surface area contributed by atoms with Crippen LogP contribution in [0.1, 0.15) is 18.9 Å². The fourth-order valence-electron chi connectivity index (χ4n) is 3.31. The van der Waals surface area contributed by atoms with Crippen molar-refractivity contribution in [2.24, 2.45) is 0 Å². The second-order valence-electron chi connectivity index (χ2n) is 7.11. The summed E-state index contributed by atoms with van der Waals surface area (Å²) < 4.78 is 27.6. The zero-order valence-electron chi connectivity index (χ0n) is 16.1. The minimum Gasteiger partial charge on any atom is -0.367 e. The predicted molar refractivity (Wildman–Crippen MR) is 113 cm³/mol. The number of aromatic nitrogens is 2. The van der Waals surface area contributed by atoms with Gasteiger partial charge in [0, 0.05) is 17.5 Å². The summed E-state index contributed by atoms with van der Waals surface area (Å²) in [4.78, 5) is 9.06. The number of halogens is 2. The molecule has 1 aromatic heterocycles. The van der Waals surface area contributed by atoms with E-state index in [-0.39, 0.29) is 17.4 Å². The summed E-state index contributed by atoms with van der Waals surface area (Å²) in [5.74, 6) is -0.419. The standard InChI is InChI=1S/C24H21F2N3/c1-16(11-12-17-7-3-2-4-8-17)27-24-20-9-5-6-10-22(20)28-23(29-24)19-14-13-18(25)15-21(19)26/h2-10,13-16H,11-12H2,1H3,(H,27,28,29)/t16-/m1/s1. The van der Waals surface area contributed by atoms with Gasteiger partial charge in [0.05, 0.1) is 11.1 Å². The molecular weight excluding hydrogens is 368 g/mol. The van der Waals surface area contributed by atoms with E-state index in [1.807, 2.05) is 42.5 Å². The molecule has 0 fully saturated rings. The van der Waals surface area contributed by atoms with Crippen LogP contribution in [0.4, 0.5) is 14.6 Å². The van der Waals surface area contributed by atoms with Crippen molar-refractivity contribution in [2.75, 3.05) is 5.32 Å². The Kier molecular flexibility index (Phi) is 5.47. The van der Waals surface area contributed by atoms with E-state index in [0.29, 0.717) is 11.3 Å². The SMILES string of the molecule is C[C@H](CCc1ccccc1)Nc1nc(-c2ccc(F)cc2F)nc2ccccc12. The number of rotatable bonds is 6. The first-order valence-electron chi connectivity index (χ1n) is 9.63. The fourth-order valence-corrected chi connectivity index (χ4v) is 3.31. The molecule has 0 aliphatic rings. The number of anilines is 1. The molecule has 0 saturated carbocycles. The molecule has 0 aliphatic heterocycles. The quantitative estimate of drug-likeness (QED) is 0.439. The van der Waals surface area contributed by atoms with Crippen LogP contribution >= 0.6 is 0 Å². The first-order chi connectivity index (χ1) is 14.1. The lowest BCUT2D eigenvalue weighted by molar-refractivity contribution is 0.585. The van der Waals surface area contributed by atoms with Crippen molar-refractivity contribution in [3.05, 3.63) is 90.0 Å². The van der Waals surface area contributed by atoms with Crippen LogP contribution in [0, 0.1) is 11.6 Å². The van der Waals surface area contributed by atoms with Crippen LogP contribution < -0.4 is 5.32 Å². The summed E-state index contributed by atoms with van der Waals surface area (Å²) in [6.07, 6.45) is 1.86. The highest BCUT2D eigenvalue weighted by Crippen LogP contribution is 2.27. The van der Waals surface area contributed by atoms with E-state index in [9.17, 15) is 8.78 Å². The summed E-state index contributed by atoms with van der Waals surface area (Å²) in [6, 6.07) is 21.5. The number of aryl methyl sites for hydroxylation is 1. The van der Waals surface area contributed by atoms with Gasteiger partial charge < -0.3 is 5.32 Å². The van der Waals surface area contributed by atoms with E-state index < -0.39 is 11.6 Å². The molecule has 4 aromatic rings. The summed E-state index contributed by atoms with van der Waals surface area (Å²) in [6.45, 7) is 2.10. The van der Waals surface area contributed by atoms with Gasteiger partial charge in [-0.2, -0.15) is 0 Å². The van der Waals surface area contributed by atoms with E-state index in [1.165, 1.54) is 17.7 Å². The Morgan fingerprint density at radius 3 is 2.45 bits per heavy atom. The smallest absolute Gasteiger partial charge is 0.165 e. The van der Waals surface area contributed by atoms with Crippen LogP contribution in [0.2, 0.25) is 0 Å². The summed E-state index contributed by atoms with van der Waals surface area (Å²) in [7, 11) is 0. The lowest BCUT2D eigenvalue weighted by atomic mass is 10.1. The van der Waals surface area contributed by atoms with Gasteiger partial charge in [-0.1, -0.05) is 42.5 Å². The van der Waals surface area contributed by atoms with Gasteiger partial charge in [0.2, 0.25) is 0 Å². The lowest BCUT2D eigenvalue weighted by Crippen LogP contribution is -2.17. The molecule has 0 saturated heterocycles. The first kappa shape index (κ1) is 19.0. The molecule has 0 spiro atoms. The minimum absolute atomic E-state index is 0.152. The molecule has 0 unspecified atom stereocenters. The highest BCUT2D eigenvalue weighted by molar-refractivity contribution is 5.90. The third-order valence-corrected chi connectivity index (χ3v) is 4.87. The van der Waals surface area contributed by atoms with Crippen molar-refractivity contribution in [3.63, 3.8) is 0 Å². The second kappa shape index (κ2) is 8.35. The van der Waals surface area contributed by atoms with Gasteiger partial charge in [-0.05, 0) is 49.6 Å². The number of hydrogen-bond donors (Lipinski definition) is 1. The molecule has 1 N–H and O–H groups in total. The van der Waals surface area contributed by atoms with Gasteiger partial charge in [0.25, 0.3) is 0 Å². The normalized spacial score (nSPS) is 12.1. The van der Waals surface area contributed by atoms with E-state index in [4.69, 9.17) is 0 Å². The summed E-state index contributed by atoms with van der Waals surface area (Å²) in [5, 5.41) is 4.31. The predicted octanol–water partition coefficient (Wildman–Crippen LogP) is 6.01. The van der Waals surface area contributed by atoms with Crippen LogP contribution in [0.15, 0.2) is 72.8 Å². The molecule has 0 amide bonds. The molecular formula is C24H21F2N3. The molecule has 4 rings (SSSR count). The highest BCUT2D eigenvalue weighted by atomic mass is 19.1. The third-order valence-electron chi connectivity index (χ3n) is 4.87. The Labute approximate surface area is 168 Å². The van der Waals surface area contributed by atoms with Crippen molar-refractivity contribution in [2.45, 2.75) is 25.8 Å². The number of benzene rings is 3. The van der Waals surface area contributed by atoms with Crippen LogP contribution in [0.25, 0.3) is 22.3 Å². The average molecular weight is 389 g/mol. The Morgan fingerprint density at radius 2 is 1.66 bits per heavy atom. The lowest BCUT2D eigenvalue weighted by Gasteiger charge is -2.17. The van der Waals surface area contributed by atoms with E-state index in [1.54, 1.807) is 0 Å². The molecule has 146 valence electrons. The number of nitrogens with zero attached hydrogens (tertiary/aromatic N) is 2. The number of fused-ring (bicyclic) bond motifs is 1. The van der Waals surface area contributed by atoms with Crippen molar-refractivity contribution < 1.29 is 8.78 Å². The maximum absolute atomic E-state index is 14.3. The largest absolute Gasteiger partial charge is 0.367 e. The van der Waals surface area contributed by atoms with Crippen LogP contribution in [-0.4, -0.2) is 16.0 Å². The van der Waals surface area contributed by atoms with Gasteiger partial charge >= 0.3 is 0 Å². The Balaban J connectivity index is 1.64. The molecule has 3 aromatic carbocycles. The Hall–Kier alpha value is -3.34. The van der Waals surface area contributed by atoms with Gasteiger partial charge in [0.1, 0.15) is 17.5 Å². The fraction of sp³-hybridized carbons (Fsp3) is 0.167. The molecule has 29 heavy (non-hydrogen) atoms. The van der Waals surface area contributed by atoms with Gasteiger partial charge in [-0.25, -0.2) is 18.7 Å². The second-order valence-corrected chi connectivity index (χ2v) is 7.11.